The lowest BCUT2D eigenvalue weighted by atomic mass is 9.66. The SMILES string of the molecule is c1ccc2sc3c(N(c4ccccc4)c4ccccc4)c(N(c4ccccc4)c4ccc5c(c4)-c4ccccc4C54c5ccccc5Oc5ccccc54)ccc3c2c#1. The molecule has 0 fully saturated rings. The molecule has 0 bridgehead atoms. The van der Waals surface area contributed by atoms with Crippen molar-refractivity contribution < 1.29 is 4.74 Å². The molecule has 0 radical (unpaired) electrons. The Morgan fingerprint density at radius 3 is 1.68 bits per heavy atom. The van der Waals surface area contributed by atoms with Crippen LogP contribution in [0.25, 0.3) is 31.3 Å². The number of hydrogen-bond acceptors (Lipinski definition) is 4. The van der Waals surface area contributed by atoms with Crippen LogP contribution in [-0.2, 0) is 5.41 Å². The molecule has 2 aliphatic rings. The van der Waals surface area contributed by atoms with E-state index in [0.717, 1.165) is 67.5 Å². The van der Waals surface area contributed by atoms with E-state index < -0.39 is 5.41 Å². The lowest BCUT2D eigenvalue weighted by Crippen LogP contribution is -2.32. The Labute approximate surface area is 347 Å². The smallest absolute Gasteiger partial charge is 0.132 e. The van der Waals surface area contributed by atoms with Crippen LogP contribution in [0.5, 0.6) is 11.5 Å². The van der Waals surface area contributed by atoms with Crippen LogP contribution in [0.2, 0.25) is 0 Å². The van der Waals surface area contributed by atoms with E-state index in [0.29, 0.717) is 0 Å². The van der Waals surface area contributed by atoms with Crippen molar-refractivity contribution in [2.45, 2.75) is 5.41 Å². The van der Waals surface area contributed by atoms with Gasteiger partial charge in [0.25, 0.3) is 0 Å². The summed E-state index contributed by atoms with van der Waals surface area (Å²) in [6, 6.07) is 80.7. The summed E-state index contributed by atoms with van der Waals surface area (Å²) in [7, 11) is 0. The number of nitrogens with zero attached hydrogens (tertiary/aromatic N) is 2. The fourth-order valence-electron chi connectivity index (χ4n) is 9.58. The minimum atomic E-state index is -0.542. The van der Waals surface area contributed by atoms with Crippen LogP contribution < -0.4 is 14.5 Å². The molecule has 12 rings (SSSR count). The average Bonchev–Trinajstić information content (AvgIpc) is 3.82. The third-order valence-corrected chi connectivity index (χ3v) is 13.1. The van der Waals surface area contributed by atoms with Gasteiger partial charge in [-0.2, -0.15) is 0 Å². The lowest BCUT2D eigenvalue weighted by Gasteiger charge is -2.39. The van der Waals surface area contributed by atoms with Gasteiger partial charge in [0.15, 0.2) is 0 Å². The second-order valence-corrected chi connectivity index (χ2v) is 16.1. The Bertz CT molecular complexity index is 3130. The predicted octanol–water partition coefficient (Wildman–Crippen LogP) is 15.1. The third-order valence-electron chi connectivity index (χ3n) is 11.9. The van der Waals surface area contributed by atoms with E-state index in [1.54, 1.807) is 0 Å². The van der Waals surface area contributed by atoms with Crippen molar-refractivity contribution in [3.63, 3.8) is 0 Å². The fourth-order valence-corrected chi connectivity index (χ4v) is 10.8. The Balaban J connectivity index is 1.16. The maximum atomic E-state index is 6.62. The van der Waals surface area contributed by atoms with Gasteiger partial charge in [-0.3, -0.25) is 0 Å². The van der Waals surface area contributed by atoms with Crippen LogP contribution in [0.4, 0.5) is 34.1 Å². The summed E-state index contributed by atoms with van der Waals surface area (Å²) in [4.78, 5) is 4.86. The van der Waals surface area contributed by atoms with Gasteiger partial charge in [0.1, 0.15) is 11.5 Å². The molecule has 0 amide bonds. The summed E-state index contributed by atoms with van der Waals surface area (Å²) in [6.45, 7) is 0. The van der Waals surface area contributed by atoms with Crippen molar-refractivity contribution >= 4 is 65.6 Å². The highest BCUT2D eigenvalue weighted by molar-refractivity contribution is 7.26. The highest BCUT2D eigenvalue weighted by atomic mass is 32.1. The van der Waals surface area contributed by atoms with Crippen LogP contribution in [0, 0.1) is 12.1 Å². The van der Waals surface area contributed by atoms with Crippen LogP contribution in [-0.4, -0.2) is 0 Å². The molecule has 59 heavy (non-hydrogen) atoms. The predicted molar refractivity (Wildman–Crippen MR) is 244 cm³/mol. The monoisotopic (exact) mass is 770 g/mol. The first kappa shape index (κ1) is 33.5. The number of thiophene rings is 1. The first-order chi connectivity index (χ1) is 29.3. The Morgan fingerprint density at radius 2 is 1.02 bits per heavy atom. The van der Waals surface area contributed by atoms with Gasteiger partial charge in [-0.15, -0.1) is 11.3 Å². The molecule has 276 valence electrons. The molecule has 3 nitrogen and oxygen atoms in total. The average molecular weight is 771 g/mol. The molecule has 0 unspecified atom stereocenters. The van der Waals surface area contributed by atoms with Gasteiger partial charge in [0.05, 0.1) is 26.9 Å². The number of fused-ring (bicyclic) bond motifs is 12. The zero-order chi connectivity index (χ0) is 38.9. The Hall–Kier alpha value is -7.58. The van der Waals surface area contributed by atoms with E-state index in [1.165, 1.54) is 31.7 Å². The summed E-state index contributed by atoms with van der Waals surface area (Å²) >= 11 is 1.81. The number of para-hydroxylation sites is 5. The van der Waals surface area contributed by atoms with Gasteiger partial charge in [0.2, 0.25) is 0 Å². The van der Waals surface area contributed by atoms with Crippen molar-refractivity contribution in [3.05, 3.63) is 241 Å². The fraction of sp³-hybridized carbons (Fsp3) is 0.0182. The standard InChI is InChI=1S/C55H34N2OS/c1-4-18-37(19-5-1)56(49-35-33-43-42-25-11-17-31-52(42)59-54(43)53(49)57(38-20-6-2-7-21-38)39-22-8-3-9-23-39)40-32-34-46-44(36-40)41-24-10-12-26-45(41)55(46)47-27-13-15-29-50(47)58-51-30-16-14-28-48(51)55/h1-10,12-24,26-36H. The summed E-state index contributed by atoms with van der Waals surface area (Å²) in [5.74, 6) is 1.78. The molecule has 1 aliphatic heterocycles. The van der Waals surface area contributed by atoms with Crippen molar-refractivity contribution in [3.8, 4) is 22.6 Å². The van der Waals surface area contributed by atoms with Crippen molar-refractivity contribution in [1.29, 1.82) is 0 Å². The van der Waals surface area contributed by atoms with E-state index >= 15 is 0 Å². The van der Waals surface area contributed by atoms with Gasteiger partial charge < -0.3 is 14.5 Å². The zero-order valence-electron chi connectivity index (χ0n) is 31.8. The largest absolute Gasteiger partial charge is 0.457 e. The van der Waals surface area contributed by atoms with E-state index in [4.69, 9.17) is 4.74 Å². The molecular formula is C55H34N2OS. The third kappa shape index (κ3) is 4.96. The second-order valence-electron chi connectivity index (χ2n) is 15.1. The quantitative estimate of drug-likeness (QED) is 0.167. The number of benzene rings is 8. The topological polar surface area (TPSA) is 15.7 Å². The summed E-state index contributed by atoms with van der Waals surface area (Å²) < 4.78 is 8.99. The second kappa shape index (κ2) is 13.2. The van der Waals surface area contributed by atoms with Crippen molar-refractivity contribution in [2.24, 2.45) is 0 Å². The van der Waals surface area contributed by atoms with Crippen molar-refractivity contribution in [1.82, 2.24) is 0 Å². The maximum Gasteiger partial charge on any atom is 0.132 e. The lowest BCUT2D eigenvalue weighted by molar-refractivity contribution is 0.436. The minimum Gasteiger partial charge on any atom is -0.457 e. The van der Waals surface area contributed by atoms with E-state index in [-0.39, 0.29) is 0 Å². The summed E-state index contributed by atoms with van der Waals surface area (Å²) in [5, 5.41) is 2.25. The number of anilines is 6. The summed E-state index contributed by atoms with van der Waals surface area (Å²) in [5.41, 5.74) is 13.2. The van der Waals surface area contributed by atoms with E-state index in [1.807, 2.05) is 17.4 Å². The van der Waals surface area contributed by atoms with Gasteiger partial charge in [-0.25, -0.2) is 0 Å². The Kier molecular flexibility index (Phi) is 7.53. The molecule has 0 atom stereocenters. The number of rotatable bonds is 6. The number of ether oxygens (including phenoxy) is 1. The molecule has 2 heterocycles. The molecule has 9 aromatic carbocycles. The molecular weight excluding hydrogens is 737 g/mol. The molecule has 10 aromatic rings. The maximum absolute atomic E-state index is 6.62. The molecule has 4 heteroatoms. The van der Waals surface area contributed by atoms with Gasteiger partial charge >= 0.3 is 0 Å². The van der Waals surface area contributed by atoms with Crippen LogP contribution in [0.3, 0.4) is 0 Å². The molecule has 1 spiro atoms. The molecule has 1 aliphatic carbocycles. The Morgan fingerprint density at radius 1 is 0.458 bits per heavy atom. The van der Waals surface area contributed by atoms with Gasteiger partial charge in [0, 0.05) is 44.0 Å². The normalized spacial score (nSPS) is 12.9. The molecule has 0 saturated carbocycles. The van der Waals surface area contributed by atoms with Crippen LogP contribution >= 0.6 is 11.3 Å². The van der Waals surface area contributed by atoms with Crippen LogP contribution in [0.1, 0.15) is 22.3 Å². The van der Waals surface area contributed by atoms with Gasteiger partial charge in [-0.1, -0.05) is 140 Å². The molecule has 1 aromatic heterocycles. The number of hydrogen-bond donors (Lipinski definition) is 0. The first-order valence-electron chi connectivity index (χ1n) is 19.9. The zero-order valence-corrected chi connectivity index (χ0v) is 32.7. The molecule has 0 N–H and O–H groups in total. The van der Waals surface area contributed by atoms with Crippen LogP contribution in [0.15, 0.2) is 206 Å². The van der Waals surface area contributed by atoms with E-state index in [9.17, 15) is 0 Å². The highest BCUT2D eigenvalue weighted by Crippen LogP contribution is 2.63. The first-order valence-corrected chi connectivity index (χ1v) is 20.7. The highest BCUT2D eigenvalue weighted by Gasteiger charge is 2.51. The minimum absolute atomic E-state index is 0.542. The van der Waals surface area contributed by atoms with Gasteiger partial charge in [-0.05, 0) is 101 Å². The van der Waals surface area contributed by atoms with E-state index in [2.05, 4.69) is 222 Å². The van der Waals surface area contributed by atoms with Crippen molar-refractivity contribution in [2.75, 3.05) is 9.80 Å². The molecule has 0 saturated heterocycles. The summed E-state index contributed by atoms with van der Waals surface area (Å²) in [6.07, 6.45) is 0.